The molecule has 0 spiro atoms. The summed E-state index contributed by atoms with van der Waals surface area (Å²) in [7, 11) is 1.52. The molecule has 0 radical (unpaired) electrons. The molecule has 0 fully saturated rings. The molecule has 2 aromatic carbocycles. The molecule has 7 heteroatoms. The number of rotatable bonds is 7. The highest BCUT2D eigenvalue weighted by Crippen LogP contribution is 2.32. The molecule has 0 saturated heterocycles. The molecular weight excluding hydrogens is 375 g/mol. The fraction of sp³-hybridized carbons (Fsp3) is 0.273. The van der Waals surface area contributed by atoms with E-state index in [4.69, 9.17) is 9.47 Å². The van der Waals surface area contributed by atoms with Crippen LogP contribution < -0.4 is 5.32 Å². The summed E-state index contributed by atoms with van der Waals surface area (Å²) in [5.74, 6) is -0.946. The number of amides is 2. The van der Waals surface area contributed by atoms with E-state index in [1.54, 1.807) is 19.1 Å². The second-order valence-electron chi connectivity index (χ2n) is 6.63. The largest absolute Gasteiger partial charge is 0.460 e. The van der Waals surface area contributed by atoms with Crippen LogP contribution >= 0.6 is 0 Å². The number of allylic oxidation sites excluding steroid dienone is 1. The number of carbonyl (C=O) groups excluding carboxylic acids is 2. The topological polar surface area (TPSA) is 67.9 Å². The fourth-order valence-corrected chi connectivity index (χ4v) is 3.20. The van der Waals surface area contributed by atoms with Gasteiger partial charge in [-0.05, 0) is 30.2 Å². The summed E-state index contributed by atoms with van der Waals surface area (Å²) < 4.78 is 23.6. The number of hydrogen-bond donors (Lipinski definition) is 1. The predicted molar refractivity (Wildman–Crippen MR) is 105 cm³/mol. The van der Waals surface area contributed by atoms with Gasteiger partial charge in [0.2, 0.25) is 0 Å². The lowest BCUT2D eigenvalue weighted by Gasteiger charge is -2.35. The van der Waals surface area contributed by atoms with Crippen LogP contribution in [0.15, 0.2) is 65.9 Å². The van der Waals surface area contributed by atoms with Crippen LogP contribution in [-0.4, -0.2) is 37.2 Å². The molecule has 1 N–H and O–H groups in total. The van der Waals surface area contributed by atoms with Crippen molar-refractivity contribution in [3.05, 3.63) is 82.8 Å². The van der Waals surface area contributed by atoms with Gasteiger partial charge in [-0.3, -0.25) is 4.90 Å². The van der Waals surface area contributed by atoms with Gasteiger partial charge in [0.1, 0.15) is 12.4 Å². The van der Waals surface area contributed by atoms with Crippen molar-refractivity contribution in [3.63, 3.8) is 0 Å². The van der Waals surface area contributed by atoms with E-state index in [0.29, 0.717) is 23.4 Å². The number of hydrogen-bond acceptors (Lipinski definition) is 4. The Morgan fingerprint density at radius 2 is 1.79 bits per heavy atom. The Kier molecular flexibility index (Phi) is 6.61. The van der Waals surface area contributed by atoms with Gasteiger partial charge in [0, 0.05) is 12.8 Å². The third kappa shape index (κ3) is 4.81. The summed E-state index contributed by atoms with van der Waals surface area (Å²) in [6.07, 6.45) is 0. The average molecular weight is 398 g/mol. The quantitative estimate of drug-likeness (QED) is 0.572. The Morgan fingerprint density at radius 1 is 1.10 bits per heavy atom. The first kappa shape index (κ1) is 20.5. The van der Waals surface area contributed by atoms with Gasteiger partial charge in [0.05, 0.1) is 24.8 Å². The van der Waals surface area contributed by atoms with E-state index in [-0.39, 0.29) is 19.2 Å². The molecule has 1 atom stereocenters. The van der Waals surface area contributed by atoms with Crippen molar-refractivity contribution >= 4 is 12.0 Å². The number of benzene rings is 2. The first-order valence-corrected chi connectivity index (χ1v) is 9.25. The molecule has 2 amide bonds. The summed E-state index contributed by atoms with van der Waals surface area (Å²) in [4.78, 5) is 27.2. The maximum Gasteiger partial charge on any atom is 0.338 e. The lowest BCUT2D eigenvalue weighted by Crippen LogP contribution is -2.47. The zero-order valence-corrected chi connectivity index (χ0v) is 16.4. The molecule has 0 saturated carbocycles. The van der Waals surface area contributed by atoms with Crippen LogP contribution in [0.25, 0.3) is 0 Å². The van der Waals surface area contributed by atoms with E-state index >= 15 is 0 Å². The van der Waals surface area contributed by atoms with Gasteiger partial charge in [-0.25, -0.2) is 14.0 Å². The highest BCUT2D eigenvalue weighted by atomic mass is 19.1. The first-order valence-electron chi connectivity index (χ1n) is 9.25. The normalized spacial score (nSPS) is 16.6. The van der Waals surface area contributed by atoms with Crippen LogP contribution in [0, 0.1) is 5.82 Å². The van der Waals surface area contributed by atoms with Crippen molar-refractivity contribution in [3.8, 4) is 0 Å². The number of esters is 1. The summed E-state index contributed by atoms with van der Waals surface area (Å²) in [6.45, 7) is 2.38. The average Bonchev–Trinajstić information content (AvgIpc) is 2.72. The number of urea groups is 1. The Labute approximate surface area is 168 Å². The van der Waals surface area contributed by atoms with Gasteiger partial charge >= 0.3 is 12.0 Å². The summed E-state index contributed by atoms with van der Waals surface area (Å²) >= 11 is 0. The molecular formula is C22H23FN2O4. The first-order chi connectivity index (χ1) is 14.0. The third-order valence-corrected chi connectivity index (χ3v) is 4.72. The predicted octanol–water partition coefficient (Wildman–Crippen LogP) is 3.56. The molecule has 2 aromatic rings. The molecule has 152 valence electrons. The minimum Gasteiger partial charge on any atom is -0.460 e. The van der Waals surface area contributed by atoms with Crippen molar-refractivity contribution in [1.82, 2.24) is 10.2 Å². The van der Waals surface area contributed by atoms with Gasteiger partial charge in [-0.2, -0.15) is 0 Å². The highest BCUT2D eigenvalue weighted by Gasteiger charge is 2.36. The number of nitrogens with one attached hydrogen (secondary N) is 1. The monoisotopic (exact) mass is 398 g/mol. The minimum atomic E-state index is -0.731. The molecule has 1 unspecified atom stereocenters. The standard InChI is InChI=1S/C22H23FN2O4/c1-15-19(21(26)29-13-12-28-2)20(17-8-10-18(23)11-9-17)24-22(27)25(15)14-16-6-4-3-5-7-16/h3-11,20H,12-14H2,1-2H3,(H,24,27). The van der Waals surface area contributed by atoms with Gasteiger partial charge < -0.3 is 14.8 Å². The molecule has 3 rings (SSSR count). The third-order valence-electron chi connectivity index (χ3n) is 4.72. The number of carbonyl (C=O) groups is 2. The van der Waals surface area contributed by atoms with Gasteiger partial charge in [-0.1, -0.05) is 42.5 Å². The second kappa shape index (κ2) is 9.34. The maximum absolute atomic E-state index is 13.4. The van der Waals surface area contributed by atoms with E-state index in [1.807, 2.05) is 30.3 Å². The van der Waals surface area contributed by atoms with E-state index in [0.717, 1.165) is 5.56 Å². The Hall–Kier alpha value is -3.19. The van der Waals surface area contributed by atoms with Crippen molar-refractivity contribution in [2.45, 2.75) is 19.5 Å². The van der Waals surface area contributed by atoms with Crippen molar-refractivity contribution in [2.75, 3.05) is 20.3 Å². The van der Waals surface area contributed by atoms with Crippen molar-refractivity contribution in [2.24, 2.45) is 0 Å². The molecule has 29 heavy (non-hydrogen) atoms. The summed E-state index contributed by atoms with van der Waals surface area (Å²) in [5, 5.41) is 2.85. The van der Waals surface area contributed by atoms with Crippen LogP contribution in [0.4, 0.5) is 9.18 Å². The Morgan fingerprint density at radius 3 is 2.45 bits per heavy atom. The van der Waals surface area contributed by atoms with Crippen LogP contribution in [0.3, 0.4) is 0 Å². The van der Waals surface area contributed by atoms with E-state index < -0.39 is 17.8 Å². The fourth-order valence-electron chi connectivity index (χ4n) is 3.20. The van der Waals surface area contributed by atoms with Crippen LogP contribution in [0.5, 0.6) is 0 Å². The molecule has 0 bridgehead atoms. The van der Waals surface area contributed by atoms with Crippen LogP contribution in [0.2, 0.25) is 0 Å². The van der Waals surface area contributed by atoms with E-state index in [1.165, 1.54) is 24.1 Å². The molecule has 1 heterocycles. The second-order valence-corrected chi connectivity index (χ2v) is 6.63. The van der Waals surface area contributed by atoms with Gasteiger partial charge in [0.25, 0.3) is 0 Å². The molecule has 1 aliphatic heterocycles. The number of methoxy groups -OCH3 is 1. The lowest BCUT2D eigenvalue weighted by molar-refractivity contribution is -0.140. The lowest BCUT2D eigenvalue weighted by atomic mass is 9.94. The molecule has 6 nitrogen and oxygen atoms in total. The number of halogens is 1. The van der Waals surface area contributed by atoms with Crippen LogP contribution in [0.1, 0.15) is 24.1 Å². The van der Waals surface area contributed by atoms with Crippen molar-refractivity contribution in [1.29, 1.82) is 0 Å². The van der Waals surface area contributed by atoms with Gasteiger partial charge in [-0.15, -0.1) is 0 Å². The van der Waals surface area contributed by atoms with Crippen LogP contribution in [-0.2, 0) is 20.8 Å². The SMILES string of the molecule is COCCOC(=O)C1=C(C)N(Cc2ccccc2)C(=O)NC1c1ccc(F)cc1. The highest BCUT2D eigenvalue weighted by molar-refractivity contribution is 5.95. The van der Waals surface area contributed by atoms with E-state index in [2.05, 4.69) is 5.32 Å². The van der Waals surface area contributed by atoms with Gasteiger partial charge in [0.15, 0.2) is 0 Å². The van der Waals surface area contributed by atoms with Crippen molar-refractivity contribution < 1.29 is 23.5 Å². The number of nitrogens with zero attached hydrogens (tertiary/aromatic N) is 1. The smallest absolute Gasteiger partial charge is 0.338 e. The summed E-state index contributed by atoms with van der Waals surface area (Å²) in [5.41, 5.74) is 2.32. The molecule has 0 aliphatic carbocycles. The zero-order chi connectivity index (χ0) is 20.8. The Balaban J connectivity index is 1.97. The Bertz CT molecular complexity index is 897. The zero-order valence-electron chi connectivity index (χ0n) is 16.4. The minimum absolute atomic E-state index is 0.0921. The number of ether oxygens (including phenoxy) is 2. The van der Waals surface area contributed by atoms with E-state index in [9.17, 15) is 14.0 Å². The molecule has 0 aromatic heterocycles. The molecule has 1 aliphatic rings. The summed E-state index contributed by atoms with van der Waals surface area (Å²) in [6, 6.07) is 14.1. The maximum atomic E-state index is 13.4.